The highest BCUT2D eigenvalue weighted by molar-refractivity contribution is 8.01. The molecule has 1 aliphatic heterocycles. The first-order chi connectivity index (χ1) is 14.4. The van der Waals surface area contributed by atoms with Gasteiger partial charge in [0.15, 0.2) is 17.0 Å². The molecule has 0 saturated carbocycles. The van der Waals surface area contributed by atoms with E-state index in [4.69, 9.17) is 11.6 Å². The molecule has 0 radical (unpaired) electrons. The molecule has 158 valence electrons. The SMILES string of the molecule is CNC(=O)C1SC(n2cnc3c(NCc4cccc(C)c4)nc(Cl)nc32)C(O)C1O. The minimum atomic E-state index is -1.21. The van der Waals surface area contributed by atoms with Crippen LogP contribution < -0.4 is 10.6 Å². The molecule has 1 amide bonds. The number of halogens is 1. The third-order valence-corrected chi connectivity index (χ3v) is 6.69. The molecule has 3 aromatic rings. The fourth-order valence-electron chi connectivity index (χ4n) is 3.46. The van der Waals surface area contributed by atoms with Crippen molar-refractivity contribution in [3.63, 3.8) is 0 Å². The second-order valence-electron chi connectivity index (χ2n) is 7.05. The van der Waals surface area contributed by atoms with Crippen molar-refractivity contribution in [2.45, 2.75) is 36.3 Å². The van der Waals surface area contributed by atoms with E-state index in [-0.39, 0.29) is 11.2 Å². The minimum absolute atomic E-state index is 0.0249. The highest BCUT2D eigenvalue weighted by Gasteiger charge is 2.47. The Balaban J connectivity index is 1.64. The number of hydrogen-bond donors (Lipinski definition) is 4. The Morgan fingerprint density at radius 2 is 2.10 bits per heavy atom. The summed E-state index contributed by atoms with van der Waals surface area (Å²) in [5, 5.41) is 25.1. The largest absolute Gasteiger partial charge is 0.389 e. The number of nitrogens with zero attached hydrogens (tertiary/aromatic N) is 4. The van der Waals surface area contributed by atoms with Crippen LogP contribution in [-0.4, -0.2) is 60.1 Å². The number of aliphatic hydroxyl groups excluding tert-OH is 2. The monoisotopic (exact) mass is 448 g/mol. The average molecular weight is 449 g/mol. The van der Waals surface area contributed by atoms with Gasteiger partial charge in [0.1, 0.15) is 22.8 Å². The maximum Gasteiger partial charge on any atom is 0.235 e. The van der Waals surface area contributed by atoms with Gasteiger partial charge < -0.3 is 20.8 Å². The van der Waals surface area contributed by atoms with Crippen LogP contribution in [0.5, 0.6) is 0 Å². The quantitative estimate of drug-likeness (QED) is 0.432. The summed E-state index contributed by atoms with van der Waals surface area (Å²) in [5.74, 6) is 0.109. The van der Waals surface area contributed by atoms with E-state index < -0.39 is 22.8 Å². The van der Waals surface area contributed by atoms with Crippen molar-refractivity contribution in [3.8, 4) is 0 Å². The number of imidazole rings is 1. The first-order valence-corrected chi connectivity index (χ1v) is 10.6. The summed E-state index contributed by atoms with van der Waals surface area (Å²) < 4.78 is 1.61. The van der Waals surface area contributed by atoms with Gasteiger partial charge in [-0.05, 0) is 24.1 Å². The van der Waals surface area contributed by atoms with Crippen LogP contribution in [0.1, 0.15) is 16.5 Å². The zero-order valence-corrected chi connectivity index (χ0v) is 17.9. The standard InChI is InChI=1S/C19H21ClN6O3S/c1-9-4-3-5-10(6-9)7-22-15-11-16(25-19(20)24-15)26(8-23-11)18-13(28)12(27)14(30-18)17(29)21-2/h3-6,8,12-14,18,27-28H,7H2,1-2H3,(H,21,29)(H,22,24,25). The predicted molar refractivity (Wildman–Crippen MR) is 115 cm³/mol. The number of fused-ring (bicyclic) bond motifs is 1. The van der Waals surface area contributed by atoms with Crippen LogP contribution in [0, 0.1) is 6.92 Å². The zero-order valence-electron chi connectivity index (χ0n) is 16.3. The zero-order chi connectivity index (χ0) is 21.4. The number of carbonyl (C=O) groups excluding carboxylic acids is 1. The van der Waals surface area contributed by atoms with E-state index in [1.165, 1.54) is 13.4 Å². The third kappa shape index (κ3) is 3.83. The summed E-state index contributed by atoms with van der Waals surface area (Å²) in [7, 11) is 1.49. The average Bonchev–Trinajstić information content (AvgIpc) is 3.27. The van der Waals surface area contributed by atoms with Gasteiger partial charge in [0.2, 0.25) is 11.2 Å². The summed E-state index contributed by atoms with van der Waals surface area (Å²) in [6.45, 7) is 2.55. The molecular weight excluding hydrogens is 428 g/mol. The molecule has 4 unspecified atom stereocenters. The number of anilines is 1. The Bertz CT molecular complexity index is 1090. The van der Waals surface area contributed by atoms with E-state index in [0.29, 0.717) is 23.5 Å². The van der Waals surface area contributed by atoms with Gasteiger partial charge in [-0.1, -0.05) is 29.8 Å². The highest BCUT2D eigenvalue weighted by atomic mass is 35.5. The number of aliphatic hydroxyl groups is 2. The lowest BCUT2D eigenvalue weighted by atomic mass is 10.1. The Morgan fingerprint density at radius 3 is 2.83 bits per heavy atom. The number of benzene rings is 1. The number of aryl methyl sites for hydroxylation is 1. The van der Waals surface area contributed by atoms with E-state index >= 15 is 0 Å². The van der Waals surface area contributed by atoms with Crippen molar-refractivity contribution in [2.24, 2.45) is 0 Å². The molecule has 4 rings (SSSR count). The lowest BCUT2D eigenvalue weighted by Crippen LogP contribution is -2.39. The smallest absolute Gasteiger partial charge is 0.235 e. The molecule has 0 aliphatic carbocycles. The van der Waals surface area contributed by atoms with E-state index in [1.54, 1.807) is 4.57 Å². The van der Waals surface area contributed by atoms with Crippen molar-refractivity contribution in [1.29, 1.82) is 0 Å². The second kappa shape index (κ2) is 8.38. The number of thioether (sulfide) groups is 1. The molecule has 1 aromatic carbocycles. The summed E-state index contributed by atoms with van der Waals surface area (Å²) in [6.07, 6.45) is -0.881. The summed E-state index contributed by atoms with van der Waals surface area (Å²) in [6, 6.07) is 8.08. The molecular formula is C19H21ClN6O3S. The van der Waals surface area contributed by atoms with Gasteiger partial charge in [-0.15, -0.1) is 11.8 Å². The van der Waals surface area contributed by atoms with E-state index in [9.17, 15) is 15.0 Å². The molecule has 1 saturated heterocycles. The molecule has 0 bridgehead atoms. The Hall–Kier alpha value is -2.40. The molecule has 9 nitrogen and oxygen atoms in total. The van der Waals surface area contributed by atoms with Crippen molar-refractivity contribution in [2.75, 3.05) is 12.4 Å². The Morgan fingerprint density at radius 1 is 1.30 bits per heavy atom. The number of amides is 1. The molecule has 3 heterocycles. The fraction of sp³-hybridized carbons (Fsp3) is 0.368. The Kier molecular flexibility index (Phi) is 5.83. The minimum Gasteiger partial charge on any atom is -0.389 e. The fourth-order valence-corrected chi connectivity index (χ4v) is 5.09. The molecule has 4 atom stereocenters. The van der Waals surface area contributed by atoms with Gasteiger partial charge >= 0.3 is 0 Å². The van der Waals surface area contributed by atoms with Gasteiger partial charge in [0, 0.05) is 13.6 Å². The van der Waals surface area contributed by atoms with Crippen LogP contribution in [0.4, 0.5) is 5.82 Å². The van der Waals surface area contributed by atoms with Crippen molar-refractivity contribution < 1.29 is 15.0 Å². The van der Waals surface area contributed by atoms with Gasteiger partial charge in [0.25, 0.3) is 0 Å². The van der Waals surface area contributed by atoms with Gasteiger partial charge in [0.05, 0.1) is 6.33 Å². The highest BCUT2D eigenvalue weighted by Crippen LogP contribution is 2.43. The lowest BCUT2D eigenvalue weighted by Gasteiger charge is -2.17. The second-order valence-corrected chi connectivity index (χ2v) is 8.65. The van der Waals surface area contributed by atoms with Gasteiger partial charge in [-0.3, -0.25) is 9.36 Å². The maximum atomic E-state index is 12.0. The van der Waals surface area contributed by atoms with Crippen molar-refractivity contribution >= 4 is 46.3 Å². The Labute approximate surface area is 181 Å². The van der Waals surface area contributed by atoms with Crippen LogP contribution in [0.25, 0.3) is 11.2 Å². The predicted octanol–water partition coefficient (Wildman–Crippen LogP) is 1.48. The molecule has 0 spiro atoms. The molecule has 4 N–H and O–H groups in total. The first-order valence-electron chi connectivity index (χ1n) is 9.31. The molecule has 1 aliphatic rings. The van der Waals surface area contributed by atoms with Gasteiger partial charge in [-0.25, -0.2) is 4.98 Å². The van der Waals surface area contributed by atoms with Crippen LogP contribution in [-0.2, 0) is 11.3 Å². The van der Waals surface area contributed by atoms with E-state index in [0.717, 1.165) is 22.9 Å². The topological polar surface area (TPSA) is 125 Å². The van der Waals surface area contributed by atoms with Crippen molar-refractivity contribution in [3.05, 3.63) is 47.0 Å². The number of aromatic nitrogens is 4. The molecule has 1 fully saturated rings. The maximum absolute atomic E-state index is 12.0. The summed E-state index contributed by atoms with van der Waals surface area (Å²) >= 11 is 7.29. The third-order valence-electron chi connectivity index (χ3n) is 4.95. The van der Waals surface area contributed by atoms with Crippen LogP contribution in [0.15, 0.2) is 30.6 Å². The first kappa shape index (κ1) is 20.9. The van der Waals surface area contributed by atoms with Gasteiger partial charge in [-0.2, -0.15) is 9.97 Å². The van der Waals surface area contributed by atoms with Crippen molar-refractivity contribution in [1.82, 2.24) is 24.8 Å². The normalized spacial score (nSPS) is 23.6. The van der Waals surface area contributed by atoms with Crippen LogP contribution >= 0.6 is 23.4 Å². The molecule has 30 heavy (non-hydrogen) atoms. The number of nitrogens with one attached hydrogen (secondary N) is 2. The van der Waals surface area contributed by atoms with E-state index in [1.807, 2.05) is 25.1 Å². The van der Waals surface area contributed by atoms with Crippen LogP contribution in [0.3, 0.4) is 0 Å². The number of hydrogen-bond acceptors (Lipinski definition) is 8. The molecule has 2 aromatic heterocycles. The molecule has 11 heteroatoms. The summed E-state index contributed by atoms with van der Waals surface area (Å²) in [5.41, 5.74) is 3.12. The number of carbonyl (C=O) groups is 1. The van der Waals surface area contributed by atoms with Crippen LogP contribution in [0.2, 0.25) is 5.28 Å². The lowest BCUT2D eigenvalue weighted by molar-refractivity contribution is -0.122. The number of rotatable bonds is 5. The van der Waals surface area contributed by atoms with E-state index in [2.05, 4.69) is 31.7 Å². The summed E-state index contributed by atoms with van der Waals surface area (Å²) in [4.78, 5) is 24.9.